The molecule has 1 N–H and O–H groups in total. The second kappa shape index (κ2) is 11.0. The van der Waals surface area contributed by atoms with E-state index in [2.05, 4.69) is 29.0 Å². The van der Waals surface area contributed by atoms with Gasteiger partial charge in [-0.15, -0.1) is 0 Å². The van der Waals surface area contributed by atoms with Gasteiger partial charge < -0.3 is 10.2 Å². The van der Waals surface area contributed by atoms with Crippen molar-refractivity contribution < 1.29 is 4.79 Å². The Balaban J connectivity index is 1.74. The van der Waals surface area contributed by atoms with Gasteiger partial charge in [-0.2, -0.15) is 4.98 Å². The first-order valence-corrected chi connectivity index (χ1v) is 12.3. The Hall–Kier alpha value is -2.12. The number of rotatable bonds is 9. The van der Waals surface area contributed by atoms with E-state index in [0.717, 1.165) is 78.4 Å². The number of benzene rings is 1. The molecule has 7 heteroatoms. The van der Waals surface area contributed by atoms with Crippen molar-refractivity contribution >= 4 is 23.4 Å². The Morgan fingerprint density at radius 1 is 1.19 bits per heavy atom. The van der Waals surface area contributed by atoms with Crippen LogP contribution < -0.4 is 11.0 Å². The van der Waals surface area contributed by atoms with Gasteiger partial charge in [0, 0.05) is 30.0 Å². The van der Waals surface area contributed by atoms with Gasteiger partial charge in [-0.25, -0.2) is 4.79 Å². The molecule has 1 aromatic heterocycles. The van der Waals surface area contributed by atoms with Crippen LogP contribution in [0.15, 0.2) is 28.0 Å². The molecule has 0 atom stereocenters. The maximum absolute atomic E-state index is 12.8. The molecule has 0 bridgehead atoms. The fourth-order valence-corrected chi connectivity index (χ4v) is 4.96. The zero-order valence-electron chi connectivity index (χ0n) is 19.2. The summed E-state index contributed by atoms with van der Waals surface area (Å²) in [6.07, 6.45) is 4.03. The van der Waals surface area contributed by atoms with Crippen LogP contribution in [-0.2, 0) is 24.2 Å². The molecule has 3 rings (SSSR count). The van der Waals surface area contributed by atoms with Crippen LogP contribution in [0.4, 0.5) is 5.69 Å². The predicted molar refractivity (Wildman–Crippen MR) is 128 cm³/mol. The number of nitrogens with one attached hydrogen (secondary N) is 1. The summed E-state index contributed by atoms with van der Waals surface area (Å²) in [5.74, 6) is 0.172. The number of thioether (sulfide) groups is 1. The van der Waals surface area contributed by atoms with E-state index in [1.165, 1.54) is 11.8 Å². The second-order valence-electron chi connectivity index (χ2n) is 8.09. The number of nitrogens with zero attached hydrogens (tertiary/aromatic N) is 3. The molecule has 6 nitrogen and oxygen atoms in total. The monoisotopic (exact) mass is 442 g/mol. The van der Waals surface area contributed by atoms with Crippen LogP contribution in [0.2, 0.25) is 0 Å². The Morgan fingerprint density at radius 3 is 2.68 bits per heavy atom. The normalized spacial score (nSPS) is 13.3. The summed E-state index contributed by atoms with van der Waals surface area (Å²) < 4.78 is 1.87. The first-order valence-electron chi connectivity index (χ1n) is 11.3. The largest absolute Gasteiger partial charge is 0.348 e. The molecule has 2 aromatic rings. The van der Waals surface area contributed by atoms with E-state index in [1.807, 2.05) is 36.6 Å². The van der Waals surface area contributed by atoms with Crippen molar-refractivity contribution in [2.24, 2.45) is 0 Å². The van der Waals surface area contributed by atoms with Gasteiger partial charge in [0.1, 0.15) is 5.03 Å². The van der Waals surface area contributed by atoms with Gasteiger partial charge in [0.25, 0.3) is 0 Å². The van der Waals surface area contributed by atoms with Crippen molar-refractivity contribution in [3.63, 3.8) is 0 Å². The summed E-state index contributed by atoms with van der Waals surface area (Å²) >= 11 is 1.38. The van der Waals surface area contributed by atoms with Crippen molar-refractivity contribution in [2.75, 3.05) is 30.7 Å². The van der Waals surface area contributed by atoms with E-state index in [-0.39, 0.29) is 17.3 Å². The highest BCUT2D eigenvalue weighted by Gasteiger charge is 2.21. The minimum atomic E-state index is -0.190. The SMILES string of the molecule is CCN(CC)CCn1c2c(c(SCC(=O)Nc3cccc(C)c3C)nc1=O)CCCC2. The van der Waals surface area contributed by atoms with Crippen LogP contribution in [0.3, 0.4) is 0 Å². The van der Waals surface area contributed by atoms with Gasteiger partial charge in [-0.3, -0.25) is 9.36 Å². The predicted octanol–water partition coefficient (Wildman–Crippen LogP) is 3.81. The third-order valence-corrected chi connectivity index (χ3v) is 7.22. The molecule has 1 aliphatic carbocycles. The summed E-state index contributed by atoms with van der Waals surface area (Å²) in [6, 6.07) is 5.90. The number of anilines is 1. The number of likely N-dealkylation sites (N-methyl/N-ethyl adjacent to an activating group) is 1. The van der Waals surface area contributed by atoms with Crippen molar-refractivity contribution in [3.05, 3.63) is 51.1 Å². The van der Waals surface area contributed by atoms with Crippen LogP contribution in [-0.4, -0.2) is 45.7 Å². The molecule has 31 heavy (non-hydrogen) atoms. The zero-order valence-corrected chi connectivity index (χ0v) is 20.0. The Morgan fingerprint density at radius 2 is 1.94 bits per heavy atom. The fourth-order valence-electron chi connectivity index (χ4n) is 4.09. The number of aryl methyl sites for hydroxylation is 1. The number of hydrogen-bond acceptors (Lipinski definition) is 5. The number of hydrogen-bond donors (Lipinski definition) is 1. The molecule has 168 valence electrons. The van der Waals surface area contributed by atoms with E-state index >= 15 is 0 Å². The topological polar surface area (TPSA) is 67.2 Å². The fraction of sp³-hybridized carbons (Fsp3) is 0.542. The molecule has 0 saturated heterocycles. The van der Waals surface area contributed by atoms with Crippen molar-refractivity contribution in [1.29, 1.82) is 0 Å². The minimum absolute atomic E-state index is 0.0734. The van der Waals surface area contributed by atoms with E-state index in [4.69, 9.17) is 0 Å². The number of fused-ring (bicyclic) bond motifs is 1. The van der Waals surface area contributed by atoms with Crippen LogP contribution in [0.1, 0.15) is 49.1 Å². The molecule has 1 aromatic carbocycles. The lowest BCUT2D eigenvalue weighted by Crippen LogP contribution is -2.35. The number of aromatic nitrogens is 2. The molecule has 0 spiro atoms. The summed E-state index contributed by atoms with van der Waals surface area (Å²) in [7, 11) is 0. The summed E-state index contributed by atoms with van der Waals surface area (Å²) in [6.45, 7) is 11.8. The molecule has 1 aliphatic rings. The third kappa shape index (κ3) is 5.77. The van der Waals surface area contributed by atoms with Gasteiger partial charge >= 0.3 is 5.69 Å². The molecule has 0 aliphatic heterocycles. The lowest BCUT2D eigenvalue weighted by molar-refractivity contribution is -0.113. The maximum atomic E-state index is 12.8. The second-order valence-corrected chi connectivity index (χ2v) is 9.06. The molecule has 0 radical (unpaired) electrons. The molecule has 1 heterocycles. The highest BCUT2D eigenvalue weighted by atomic mass is 32.2. The van der Waals surface area contributed by atoms with Crippen LogP contribution >= 0.6 is 11.8 Å². The third-order valence-electron chi connectivity index (χ3n) is 6.20. The Bertz CT molecular complexity index is 982. The van der Waals surface area contributed by atoms with Crippen molar-refractivity contribution in [3.8, 4) is 0 Å². The van der Waals surface area contributed by atoms with Crippen LogP contribution in [0.25, 0.3) is 0 Å². The number of carbonyl (C=O) groups excluding carboxylic acids is 1. The van der Waals surface area contributed by atoms with E-state index < -0.39 is 0 Å². The molecule has 1 amide bonds. The summed E-state index contributed by atoms with van der Waals surface area (Å²) in [4.78, 5) is 32.1. The summed E-state index contributed by atoms with van der Waals surface area (Å²) in [5, 5.41) is 3.73. The first kappa shape index (κ1) is 23.5. The maximum Gasteiger partial charge on any atom is 0.348 e. The molecule has 0 fully saturated rings. The Kier molecular flexibility index (Phi) is 8.32. The number of carbonyl (C=O) groups is 1. The van der Waals surface area contributed by atoms with Gasteiger partial charge in [0.15, 0.2) is 0 Å². The minimum Gasteiger partial charge on any atom is -0.325 e. The highest BCUT2D eigenvalue weighted by molar-refractivity contribution is 8.00. The quantitative estimate of drug-likeness (QED) is 0.472. The van der Waals surface area contributed by atoms with Gasteiger partial charge in [-0.1, -0.05) is 37.7 Å². The standard InChI is InChI=1S/C24H34N4O2S/c1-5-27(6-2)14-15-28-21-13-8-7-11-19(21)23(26-24(28)30)31-16-22(29)25-20-12-9-10-17(3)18(20)4/h9-10,12H,5-8,11,13-16H2,1-4H3,(H,25,29). The van der Waals surface area contributed by atoms with E-state index in [0.29, 0.717) is 6.54 Å². The van der Waals surface area contributed by atoms with Gasteiger partial charge in [-0.05, 0) is 69.8 Å². The summed E-state index contributed by atoms with van der Waals surface area (Å²) in [5.41, 5.74) is 5.16. The average molecular weight is 443 g/mol. The molecule has 0 saturated carbocycles. The van der Waals surface area contributed by atoms with Crippen LogP contribution in [0, 0.1) is 13.8 Å². The van der Waals surface area contributed by atoms with Crippen LogP contribution in [0.5, 0.6) is 0 Å². The number of amides is 1. The zero-order chi connectivity index (χ0) is 22.4. The molecular formula is C24H34N4O2S. The van der Waals surface area contributed by atoms with E-state index in [9.17, 15) is 9.59 Å². The first-order chi connectivity index (χ1) is 14.9. The van der Waals surface area contributed by atoms with Crippen molar-refractivity contribution in [2.45, 2.75) is 64.9 Å². The smallest absolute Gasteiger partial charge is 0.325 e. The lowest BCUT2D eigenvalue weighted by Gasteiger charge is -2.24. The molecular weight excluding hydrogens is 408 g/mol. The average Bonchev–Trinajstić information content (AvgIpc) is 2.77. The van der Waals surface area contributed by atoms with Gasteiger partial charge in [0.2, 0.25) is 5.91 Å². The van der Waals surface area contributed by atoms with Crippen molar-refractivity contribution in [1.82, 2.24) is 14.5 Å². The van der Waals surface area contributed by atoms with Gasteiger partial charge in [0.05, 0.1) is 5.75 Å². The highest BCUT2D eigenvalue weighted by Crippen LogP contribution is 2.28. The lowest BCUT2D eigenvalue weighted by atomic mass is 9.97. The Labute approximate surface area is 189 Å². The van der Waals surface area contributed by atoms with E-state index in [1.54, 1.807) is 0 Å². The molecule has 0 unspecified atom stereocenters.